The number of nitrogens with one attached hydrogen (secondary N) is 2. The van der Waals surface area contributed by atoms with E-state index in [2.05, 4.69) is 24.5 Å². The molecule has 4 heteroatoms. The van der Waals surface area contributed by atoms with E-state index in [0.29, 0.717) is 13.2 Å². The fourth-order valence-electron chi connectivity index (χ4n) is 2.22. The molecule has 4 nitrogen and oxygen atoms in total. The van der Waals surface area contributed by atoms with Crippen LogP contribution in [0.4, 0.5) is 0 Å². The fourth-order valence-corrected chi connectivity index (χ4v) is 2.22. The zero-order valence-electron chi connectivity index (χ0n) is 11.2. The zero-order valence-corrected chi connectivity index (χ0v) is 11.2. The van der Waals surface area contributed by atoms with E-state index in [1.807, 2.05) is 0 Å². The topological polar surface area (TPSA) is 50.4 Å². The first-order valence-corrected chi connectivity index (χ1v) is 6.86. The summed E-state index contributed by atoms with van der Waals surface area (Å²) < 4.78 is 5.42. The van der Waals surface area contributed by atoms with E-state index in [9.17, 15) is 4.79 Å². The Labute approximate surface area is 104 Å². The summed E-state index contributed by atoms with van der Waals surface area (Å²) >= 11 is 0. The van der Waals surface area contributed by atoms with Crippen LogP contribution in [0, 0.1) is 0 Å². The van der Waals surface area contributed by atoms with E-state index >= 15 is 0 Å². The second-order valence-electron chi connectivity index (χ2n) is 4.69. The Kier molecular flexibility index (Phi) is 6.52. The monoisotopic (exact) mass is 242 g/mol. The van der Waals surface area contributed by atoms with Gasteiger partial charge >= 0.3 is 0 Å². The highest BCUT2D eigenvalue weighted by molar-refractivity contribution is 5.86. The molecule has 0 bridgehead atoms. The number of carbonyl (C=O) groups excluding carboxylic acids is 1. The standard InChI is InChI=1S/C13H26N2O2/c1-3-5-10-17-11-9-14-12(16)13(4-2)7-6-8-15-13/h15H,3-11H2,1-2H3,(H,14,16). The van der Waals surface area contributed by atoms with Gasteiger partial charge in [0.2, 0.25) is 5.91 Å². The van der Waals surface area contributed by atoms with Gasteiger partial charge in [0.15, 0.2) is 0 Å². The van der Waals surface area contributed by atoms with Crippen molar-refractivity contribution in [2.75, 3.05) is 26.3 Å². The fraction of sp³-hybridized carbons (Fsp3) is 0.923. The molecule has 1 rings (SSSR count). The van der Waals surface area contributed by atoms with Gasteiger partial charge in [0, 0.05) is 13.2 Å². The van der Waals surface area contributed by atoms with Gasteiger partial charge in [0.05, 0.1) is 12.1 Å². The minimum atomic E-state index is -0.316. The smallest absolute Gasteiger partial charge is 0.240 e. The van der Waals surface area contributed by atoms with E-state index < -0.39 is 0 Å². The predicted molar refractivity (Wildman–Crippen MR) is 69.0 cm³/mol. The van der Waals surface area contributed by atoms with Crippen LogP contribution in [-0.2, 0) is 9.53 Å². The molecule has 1 atom stereocenters. The van der Waals surface area contributed by atoms with Crippen LogP contribution in [0.1, 0.15) is 46.0 Å². The lowest BCUT2D eigenvalue weighted by Crippen LogP contribution is -2.53. The normalized spacial score (nSPS) is 23.9. The van der Waals surface area contributed by atoms with Gasteiger partial charge in [-0.05, 0) is 32.2 Å². The summed E-state index contributed by atoms with van der Waals surface area (Å²) in [5.74, 6) is 0.136. The van der Waals surface area contributed by atoms with Crippen molar-refractivity contribution in [3.63, 3.8) is 0 Å². The highest BCUT2D eigenvalue weighted by atomic mass is 16.5. The predicted octanol–water partition coefficient (Wildman–Crippen LogP) is 1.45. The molecule has 1 amide bonds. The van der Waals surface area contributed by atoms with Crippen molar-refractivity contribution in [3.8, 4) is 0 Å². The lowest BCUT2D eigenvalue weighted by molar-refractivity contribution is -0.127. The zero-order chi connectivity index (χ0) is 12.6. The van der Waals surface area contributed by atoms with E-state index in [1.165, 1.54) is 0 Å². The molecule has 0 aromatic carbocycles. The van der Waals surface area contributed by atoms with Gasteiger partial charge in [-0.3, -0.25) is 4.79 Å². The van der Waals surface area contributed by atoms with E-state index in [-0.39, 0.29) is 11.4 Å². The Morgan fingerprint density at radius 1 is 1.41 bits per heavy atom. The van der Waals surface area contributed by atoms with Crippen LogP contribution in [0.3, 0.4) is 0 Å². The largest absolute Gasteiger partial charge is 0.380 e. The van der Waals surface area contributed by atoms with Crippen LogP contribution in [0.25, 0.3) is 0 Å². The van der Waals surface area contributed by atoms with E-state index in [0.717, 1.165) is 45.3 Å². The molecule has 17 heavy (non-hydrogen) atoms. The summed E-state index contributed by atoms with van der Waals surface area (Å²) in [6, 6.07) is 0. The molecule has 0 radical (unpaired) electrons. The molecule has 2 N–H and O–H groups in total. The summed E-state index contributed by atoms with van der Waals surface area (Å²) in [5, 5.41) is 6.29. The third-order valence-corrected chi connectivity index (χ3v) is 3.46. The van der Waals surface area contributed by atoms with Crippen molar-refractivity contribution in [1.29, 1.82) is 0 Å². The molecular weight excluding hydrogens is 216 g/mol. The number of amides is 1. The molecule has 1 heterocycles. The number of hydrogen-bond donors (Lipinski definition) is 2. The third-order valence-electron chi connectivity index (χ3n) is 3.46. The van der Waals surface area contributed by atoms with Crippen molar-refractivity contribution < 1.29 is 9.53 Å². The second kappa shape index (κ2) is 7.67. The quantitative estimate of drug-likeness (QED) is 0.633. The second-order valence-corrected chi connectivity index (χ2v) is 4.69. The number of rotatable bonds is 8. The molecule has 0 saturated carbocycles. The number of ether oxygens (including phenoxy) is 1. The van der Waals surface area contributed by atoms with Crippen LogP contribution in [0.2, 0.25) is 0 Å². The van der Waals surface area contributed by atoms with Gasteiger partial charge in [-0.15, -0.1) is 0 Å². The molecule has 1 fully saturated rings. The summed E-state index contributed by atoms with van der Waals surface area (Å²) in [4.78, 5) is 12.1. The Bertz CT molecular complexity index is 225. The molecule has 0 spiro atoms. The first kappa shape index (κ1) is 14.5. The SMILES string of the molecule is CCCCOCCNC(=O)C1(CC)CCCN1. The van der Waals surface area contributed by atoms with Crippen LogP contribution < -0.4 is 10.6 Å². The lowest BCUT2D eigenvalue weighted by atomic mass is 9.93. The first-order valence-electron chi connectivity index (χ1n) is 6.86. The number of hydrogen-bond acceptors (Lipinski definition) is 3. The molecule has 100 valence electrons. The molecule has 1 aliphatic heterocycles. The van der Waals surface area contributed by atoms with Crippen molar-refractivity contribution in [2.45, 2.75) is 51.5 Å². The maximum Gasteiger partial charge on any atom is 0.240 e. The van der Waals surface area contributed by atoms with E-state index in [4.69, 9.17) is 4.74 Å². The summed E-state index contributed by atoms with van der Waals surface area (Å²) in [6.07, 6.45) is 5.14. The van der Waals surface area contributed by atoms with Crippen LogP contribution >= 0.6 is 0 Å². The molecule has 1 unspecified atom stereocenters. The average Bonchev–Trinajstić information content (AvgIpc) is 2.83. The van der Waals surface area contributed by atoms with Crippen LogP contribution in [0.5, 0.6) is 0 Å². The van der Waals surface area contributed by atoms with Crippen molar-refractivity contribution in [1.82, 2.24) is 10.6 Å². The highest BCUT2D eigenvalue weighted by Crippen LogP contribution is 2.22. The Hall–Kier alpha value is -0.610. The molecule has 0 aromatic heterocycles. The van der Waals surface area contributed by atoms with Gasteiger partial charge in [-0.1, -0.05) is 20.3 Å². The Balaban J connectivity index is 2.15. The minimum absolute atomic E-state index is 0.136. The summed E-state index contributed by atoms with van der Waals surface area (Å²) in [6.45, 7) is 7.19. The van der Waals surface area contributed by atoms with Crippen molar-refractivity contribution >= 4 is 5.91 Å². The van der Waals surface area contributed by atoms with Gasteiger partial charge in [0.1, 0.15) is 0 Å². The molecular formula is C13H26N2O2. The summed E-state index contributed by atoms with van der Waals surface area (Å²) in [5.41, 5.74) is -0.316. The Morgan fingerprint density at radius 2 is 2.24 bits per heavy atom. The molecule has 1 aliphatic rings. The third kappa shape index (κ3) is 4.28. The number of carbonyl (C=O) groups is 1. The van der Waals surface area contributed by atoms with Crippen LogP contribution in [0.15, 0.2) is 0 Å². The average molecular weight is 242 g/mol. The summed E-state index contributed by atoms with van der Waals surface area (Å²) in [7, 11) is 0. The minimum Gasteiger partial charge on any atom is -0.380 e. The number of unbranched alkanes of at least 4 members (excludes halogenated alkanes) is 1. The maximum atomic E-state index is 12.1. The first-order chi connectivity index (χ1) is 8.25. The van der Waals surface area contributed by atoms with Gasteiger partial charge in [-0.2, -0.15) is 0 Å². The van der Waals surface area contributed by atoms with Gasteiger partial charge < -0.3 is 15.4 Å². The lowest BCUT2D eigenvalue weighted by Gasteiger charge is -2.26. The van der Waals surface area contributed by atoms with Gasteiger partial charge in [0.25, 0.3) is 0 Å². The Morgan fingerprint density at radius 3 is 2.82 bits per heavy atom. The van der Waals surface area contributed by atoms with Crippen LogP contribution in [-0.4, -0.2) is 37.7 Å². The van der Waals surface area contributed by atoms with E-state index in [1.54, 1.807) is 0 Å². The molecule has 0 aliphatic carbocycles. The van der Waals surface area contributed by atoms with Crippen molar-refractivity contribution in [2.24, 2.45) is 0 Å². The highest BCUT2D eigenvalue weighted by Gasteiger charge is 2.38. The maximum absolute atomic E-state index is 12.1. The van der Waals surface area contributed by atoms with Gasteiger partial charge in [-0.25, -0.2) is 0 Å². The van der Waals surface area contributed by atoms with Crippen molar-refractivity contribution in [3.05, 3.63) is 0 Å². The molecule has 1 saturated heterocycles. The molecule has 0 aromatic rings.